The highest BCUT2D eigenvalue weighted by atomic mass is 16.6. The second-order valence-electron chi connectivity index (χ2n) is 2.87. The monoisotopic (exact) mass is 161 g/mol. The number of hydrogen-bond donors (Lipinski definition) is 1. The maximum absolute atomic E-state index is 10.1. The van der Waals surface area contributed by atoms with Crippen LogP contribution >= 0.6 is 0 Å². The number of nitro groups is 1. The first-order chi connectivity index (χ1) is 5.12. The molecule has 1 atom stereocenters. The Balaban J connectivity index is 2.43. The highest BCUT2D eigenvalue weighted by Gasteiger charge is 2.35. The third-order valence-electron chi connectivity index (χ3n) is 1.72. The van der Waals surface area contributed by atoms with E-state index in [0.29, 0.717) is 19.4 Å². The SMILES string of the molecule is O=[N+]([O-])CC1(O)CCCOC1. The topological polar surface area (TPSA) is 72.6 Å². The molecule has 1 aliphatic heterocycles. The zero-order chi connectivity index (χ0) is 8.32. The van der Waals surface area contributed by atoms with E-state index in [-0.39, 0.29) is 6.61 Å². The van der Waals surface area contributed by atoms with Gasteiger partial charge in [0.1, 0.15) is 0 Å². The Morgan fingerprint density at radius 1 is 1.73 bits per heavy atom. The lowest BCUT2D eigenvalue weighted by Gasteiger charge is -2.27. The van der Waals surface area contributed by atoms with E-state index in [1.165, 1.54) is 0 Å². The summed E-state index contributed by atoms with van der Waals surface area (Å²) in [5, 5.41) is 19.5. The van der Waals surface area contributed by atoms with Crippen LogP contribution in [0.1, 0.15) is 12.8 Å². The van der Waals surface area contributed by atoms with Crippen LogP contribution in [-0.2, 0) is 4.74 Å². The van der Waals surface area contributed by atoms with Gasteiger partial charge in [-0.25, -0.2) is 0 Å². The Hall–Kier alpha value is -0.680. The Morgan fingerprint density at radius 3 is 2.91 bits per heavy atom. The van der Waals surface area contributed by atoms with Crippen molar-refractivity contribution in [2.45, 2.75) is 18.4 Å². The van der Waals surface area contributed by atoms with Gasteiger partial charge in [0.25, 0.3) is 0 Å². The Morgan fingerprint density at radius 2 is 2.45 bits per heavy atom. The second kappa shape index (κ2) is 3.15. The van der Waals surface area contributed by atoms with Crippen LogP contribution in [0.2, 0.25) is 0 Å². The number of rotatable bonds is 2. The molecule has 0 bridgehead atoms. The van der Waals surface area contributed by atoms with Gasteiger partial charge in [0.05, 0.1) is 6.61 Å². The molecule has 1 fully saturated rings. The molecular weight excluding hydrogens is 150 g/mol. The third-order valence-corrected chi connectivity index (χ3v) is 1.72. The van der Waals surface area contributed by atoms with E-state index >= 15 is 0 Å². The van der Waals surface area contributed by atoms with E-state index in [4.69, 9.17) is 4.74 Å². The first-order valence-electron chi connectivity index (χ1n) is 3.54. The maximum atomic E-state index is 10.1. The second-order valence-corrected chi connectivity index (χ2v) is 2.87. The summed E-state index contributed by atoms with van der Waals surface area (Å²) in [6.45, 7) is 0.279. The van der Waals surface area contributed by atoms with Crippen molar-refractivity contribution in [1.82, 2.24) is 0 Å². The van der Waals surface area contributed by atoms with Gasteiger partial charge in [0.2, 0.25) is 6.54 Å². The molecule has 1 heterocycles. The highest BCUT2D eigenvalue weighted by Crippen LogP contribution is 2.18. The van der Waals surface area contributed by atoms with Gasteiger partial charge in [0.15, 0.2) is 5.60 Å². The van der Waals surface area contributed by atoms with Crippen molar-refractivity contribution in [3.05, 3.63) is 10.1 Å². The molecule has 5 heteroatoms. The quantitative estimate of drug-likeness (QED) is 0.450. The lowest BCUT2D eigenvalue weighted by molar-refractivity contribution is -0.503. The van der Waals surface area contributed by atoms with Crippen molar-refractivity contribution >= 4 is 0 Å². The van der Waals surface area contributed by atoms with E-state index in [1.807, 2.05) is 0 Å². The van der Waals surface area contributed by atoms with E-state index in [0.717, 1.165) is 0 Å². The molecule has 0 aliphatic carbocycles. The van der Waals surface area contributed by atoms with Crippen LogP contribution in [0.15, 0.2) is 0 Å². The molecule has 0 radical (unpaired) electrons. The summed E-state index contributed by atoms with van der Waals surface area (Å²) >= 11 is 0. The molecule has 1 aliphatic rings. The smallest absolute Gasteiger partial charge is 0.234 e. The molecule has 0 spiro atoms. The Kier molecular flexibility index (Phi) is 2.41. The fraction of sp³-hybridized carbons (Fsp3) is 1.00. The molecule has 64 valence electrons. The predicted octanol–water partition coefficient (Wildman–Crippen LogP) is -0.195. The van der Waals surface area contributed by atoms with Crippen molar-refractivity contribution < 1.29 is 14.8 Å². The number of aliphatic hydroxyl groups is 1. The summed E-state index contributed by atoms with van der Waals surface area (Å²) < 4.78 is 4.93. The third kappa shape index (κ3) is 2.44. The van der Waals surface area contributed by atoms with E-state index in [2.05, 4.69) is 0 Å². The summed E-state index contributed by atoms with van der Waals surface area (Å²) in [5.74, 6) is 0. The van der Waals surface area contributed by atoms with E-state index < -0.39 is 17.1 Å². The van der Waals surface area contributed by atoms with Crippen LogP contribution in [-0.4, -0.2) is 35.4 Å². The van der Waals surface area contributed by atoms with Crippen LogP contribution in [0.3, 0.4) is 0 Å². The fourth-order valence-corrected chi connectivity index (χ4v) is 1.20. The first-order valence-corrected chi connectivity index (χ1v) is 3.54. The van der Waals surface area contributed by atoms with Crippen LogP contribution < -0.4 is 0 Å². The minimum atomic E-state index is -1.22. The zero-order valence-corrected chi connectivity index (χ0v) is 6.15. The van der Waals surface area contributed by atoms with Crippen LogP contribution in [0.4, 0.5) is 0 Å². The van der Waals surface area contributed by atoms with Gasteiger partial charge in [-0.1, -0.05) is 0 Å². The number of ether oxygens (including phenoxy) is 1. The van der Waals surface area contributed by atoms with Gasteiger partial charge in [0, 0.05) is 11.5 Å². The zero-order valence-electron chi connectivity index (χ0n) is 6.15. The standard InChI is InChI=1S/C6H11NO4/c8-6(4-7(9)10)2-1-3-11-5-6/h8H,1-5H2. The molecule has 0 saturated carbocycles. The minimum Gasteiger partial charge on any atom is -0.381 e. The van der Waals surface area contributed by atoms with Gasteiger partial charge in [-0.2, -0.15) is 0 Å². The largest absolute Gasteiger partial charge is 0.381 e. The molecule has 5 nitrogen and oxygen atoms in total. The molecule has 0 aromatic carbocycles. The minimum absolute atomic E-state index is 0.0913. The molecule has 1 saturated heterocycles. The van der Waals surface area contributed by atoms with Crippen molar-refractivity contribution in [3.8, 4) is 0 Å². The molecule has 1 rings (SSSR count). The van der Waals surface area contributed by atoms with E-state index in [1.54, 1.807) is 0 Å². The summed E-state index contributed by atoms with van der Waals surface area (Å²) in [6, 6.07) is 0. The van der Waals surface area contributed by atoms with Gasteiger partial charge in [-0.05, 0) is 12.8 Å². The summed E-state index contributed by atoms with van der Waals surface area (Å²) in [4.78, 5) is 9.56. The van der Waals surface area contributed by atoms with Crippen LogP contribution in [0.5, 0.6) is 0 Å². The predicted molar refractivity (Wildman–Crippen MR) is 36.9 cm³/mol. The summed E-state index contributed by atoms with van der Waals surface area (Å²) in [6.07, 6.45) is 1.16. The number of nitrogens with zero attached hydrogens (tertiary/aromatic N) is 1. The summed E-state index contributed by atoms with van der Waals surface area (Å²) in [5.41, 5.74) is -1.22. The Bertz CT molecular complexity index is 153. The molecule has 0 amide bonds. The average Bonchev–Trinajstić information content (AvgIpc) is 1.85. The van der Waals surface area contributed by atoms with Crippen LogP contribution in [0, 0.1) is 10.1 Å². The van der Waals surface area contributed by atoms with Gasteiger partial charge in [-0.15, -0.1) is 0 Å². The van der Waals surface area contributed by atoms with Crippen molar-refractivity contribution in [3.63, 3.8) is 0 Å². The Labute approximate surface area is 64.1 Å². The normalized spacial score (nSPS) is 31.7. The summed E-state index contributed by atoms with van der Waals surface area (Å²) in [7, 11) is 0. The molecule has 1 N–H and O–H groups in total. The van der Waals surface area contributed by atoms with Gasteiger partial charge >= 0.3 is 0 Å². The highest BCUT2D eigenvalue weighted by molar-refractivity contribution is 4.79. The van der Waals surface area contributed by atoms with Gasteiger partial charge in [-0.3, -0.25) is 10.1 Å². The van der Waals surface area contributed by atoms with Crippen molar-refractivity contribution in [1.29, 1.82) is 0 Å². The van der Waals surface area contributed by atoms with E-state index in [9.17, 15) is 15.2 Å². The first kappa shape index (κ1) is 8.42. The van der Waals surface area contributed by atoms with Crippen molar-refractivity contribution in [2.24, 2.45) is 0 Å². The average molecular weight is 161 g/mol. The molecule has 0 aromatic rings. The molecule has 11 heavy (non-hydrogen) atoms. The maximum Gasteiger partial charge on any atom is 0.234 e. The molecule has 1 unspecified atom stereocenters. The lowest BCUT2D eigenvalue weighted by Crippen LogP contribution is -2.44. The fourth-order valence-electron chi connectivity index (χ4n) is 1.20. The lowest BCUT2D eigenvalue weighted by atomic mass is 9.97. The van der Waals surface area contributed by atoms with Gasteiger partial charge < -0.3 is 9.84 Å². The molecular formula is C6H11NO4. The number of hydrogen-bond acceptors (Lipinski definition) is 4. The van der Waals surface area contributed by atoms with Crippen LogP contribution in [0.25, 0.3) is 0 Å². The molecule has 0 aromatic heterocycles. The van der Waals surface area contributed by atoms with Crippen molar-refractivity contribution in [2.75, 3.05) is 19.8 Å².